The van der Waals surface area contributed by atoms with E-state index in [4.69, 9.17) is 19.4 Å². The zero-order chi connectivity index (χ0) is 37.3. The predicted octanol–water partition coefficient (Wildman–Crippen LogP) is 4.86. The van der Waals surface area contributed by atoms with E-state index in [9.17, 15) is 9.59 Å². The molecule has 0 radical (unpaired) electrons. The van der Waals surface area contributed by atoms with E-state index in [1.807, 2.05) is 108 Å². The van der Waals surface area contributed by atoms with Crippen molar-refractivity contribution < 1.29 is 29.0 Å². The molecule has 0 spiro atoms. The quantitative estimate of drug-likeness (QED) is 0.156. The molecule has 15 nitrogen and oxygen atoms in total. The Hall–Kier alpha value is -5.15. The number of benzene rings is 1. The Bertz CT molecular complexity index is 1820. The molecule has 51 heavy (non-hydrogen) atoms. The van der Waals surface area contributed by atoms with Gasteiger partial charge in [-0.1, -0.05) is 45.0 Å². The lowest BCUT2D eigenvalue weighted by Crippen LogP contribution is -2.36. The van der Waals surface area contributed by atoms with Crippen LogP contribution in [-0.4, -0.2) is 86.8 Å². The highest BCUT2D eigenvalue weighted by Crippen LogP contribution is 2.39. The number of carbonyl (C=O) groups is 3. The summed E-state index contributed by atoms with van der Waals surface area (Å²) in [6.45, 7) is 13.3. The number of urea groups is 1. The molecule has 3 amide bonds. The first-order chi connectivity index (χ1) is 24.2. The Balaban J connectivity index is 0.00000188. The molecule has 0 bridgehead atoms. The number of hydrogen-bond acceptors (Lipinski definition) is 10. The van der Waals surface area contributed by atoms with Gasteiger partial charge in [0.25, 0.3) is 12.4 Å². The van der Waals surface area contributed by atoms with Crippen molar-refractivity contribution in [2.45, 2.75) is 77.5 Å². The molecule has 274 valence electrons. The fourth-order valence-electron chi connectivity index (χ4n) is 5.74. The molecule has 0 aliphatic heterocycles. The fraction of sp³-hybridized carbons (Fsp3) is 0.472. The largest absolute Gasteiger partial charge is 0.484 e. The molecule has 15 heteroatoms. The van der Waals surface area contributed by atoms with Crippen molar-refractivity contribution >= 4 is 29.9 Å². The number of amides is 3. The third-order valence-corrected chi connectivity index (χ3v) is 8.22. The minimum atomic E-state index is -0.621. The molecule has 4 aromatic rings. The summed E-state index contributed by atoms with van der Waals surface area (Å²) in [6.07, 6.45) is 3.02. The van der Waals surface area contributed by atoms with Crippen molar-refractivity contribution in [2.75, 3.05) is 39.1 Å². The number of pyridine rings is 1. The van der Waals surface area contributed by atoms with Gasteiger partial charge in [0.2, 0.25) is 5.82 Å². The Morgan fingerprint density at radius 2 is 1.75 bits per heavy atom. The minimum Gasteiger partial charge on any atom is -0.484 e. The van der Waals surface area contributed by atoms with Crippen LogP contribution in [0.2, 0.25) is 0 Å². The molecule has 1 aliphatic carbocycles. The van der Waals surface area contributed by atoms with Crippen LogP contribution in [0.3, 0.4) is 0 Å². The number of fused-ring (bicyclic) bond motifs is 2. The van der Waals surface area contributed by atoms with E-state index >= 15 is 0 Å². The molecule has 5 rings (SSSR count). The molecular formula is C36H49N9O6. The third-order valence-electron chi connectivity index (χ3n) is 8.22. The van der Waals surface area contributed by atoms with Gasteiger partial charge in [-0.25, -0.2) is 14.8 Å². The summed E-state index contributed by atoms with van der Waals surface area (Å²) in [5, 5.41) is 24.4. The van der Waals surface area contributed by atoms with Crippen LogP contribution >= 0.6 is 0 Å². The number of aromatic nitrogens is 5. The molecule has 1 aliphatic rings. The van der Waals surface area contributed by atoms with Crippen molar-refractivity contribution in [1.29, 1.82) is 0 Å². The van der Waals surface area contributed by atoms with Gasteiger partial charge < -0.3 is 30.1 Å². The molecule has 2 atom stereocenters. The monoisotopic (exact) mass is 703 g/mol. The number of rotatable bonds is 11. The average molecular weight is 704 g/mol. The SMILES string of the molecule is CCOC(C)(C)c1nnc2ccc(O[C@@H]3CC[C@H](NC(=O)Nc4cc(C(C)(C)C)nc(C(=O)NCCN(C)C)n4)c4ccccc43)cn12.O=CO. The zero-order valence-electron chi connectivity index (χ0n) is 30.6. The number of ether oxygens (including phenoxy) is 2. The van der Waals surface area contributed by atoms with Gasteiger partial charge in [-0.05, 0) is 71.0 Å². The highest BCUT2D eigenvalue weighted by atomic mass is 16.5. The summed E-state index contributed by atoms with van der Waals surface area (Å²) >= 11 is 0. The van der Waals surface area contributed by atoms with Gasteiger partial charge in [0.05, 0.1) is 17.9 Å². The molecule has 0 fully saturated rings. The molecule has 0 unspecified atom stereocenters. The van der Waals surface area contributed by atoms with Crippen LogP contribution in [0.4, 0.5) is 10.6 Å². The second-order valence-electron chi connectivity index (χ2n) is 13.9. The van der Waals surface area contributed by atoms with Gasteiger partial charge in [0.1, 0.15) is 23.3 Å². The Kier molecular flexibility index (Phi) is 12.7. The number of nitrogens with one attached hydrogen (secondary N) is 3. The Labute approximate surface area is 298 Å². The molecule has 3 aromatic heterocycles. The van der Waals surface area contributed by atoms with E-state index in [1.54, 1.807) is 6.07 Å². The summed E-state index contributed by atoms with van der Waals surface area (Å²) < 4.78 is 14.4. The Morgan fingerprint density at radius 1 is 1.04 bits per heavy atom. The first kappa shape index (κ1) is 38.6. The number of carbonyl (C=O) groups excluding carboxylic acids is 2. The summed E-state index contributed by atoms with van der Waals surface area (Å²) in [4.78, 5) is 45.5. The summed E-state index contributed by atoms with van der Waals surface area (Å²) in [5.74, 6) is 1.25. The van der Waals surface area contributed by atoms with Gasteiger partial charge >= 0.3 is 6.03 Å². The lowest BCUT2D eigenvalue weighted by atomic mass is 9.85. The van der Waals surface area contributed by atoms with Crippen LogP contribution in [0.5, 0.6) is 5.75 Å². The molecule has 0 saturated carbocycles. The summed E-state index contributed by atoms with van der Waals surface area (Å²) in [6, 6.07) is 12.8. The summed E-state index contributed by atoms with van der Waals surface area (Å²) in [7, 11) is 3.86. The zero-order valence-corrected chi connectivity index (χ0v) is 30.6. The van der Waals surface area contributed by atoms with Gasteiger partial charge in [0.15, 0.2) is 11.5 Å². The number of likely N-dealkylation sites (N-methyl/N-ethyl adjacent to an activating group) is 1. The normalized spacial score (nSPS) is 15.7. The van der Waals surface area contributed by atoms with E-state index < -0.39 is 17.5 Å². The van der Waals surface area contributed by atoms with Crippen LogP contribution < -0.4 is 20.7 Å². The molecule has 3 heterocycles. The van der Waals surface area contributed by atoms with Crippen LogP contribution in [-0.2, 0) is 20.5 Å². The average Bonchev–Trinajstić information content (AvgIpc) is 3.50. The van der Waals surface area contributed by atoms with Crippen molar-refractivity contribution in [2.24, 2.45) is 0 Å². The molecule has 1 aromatic carbocycles. The Morgan fingerprint density at radius 3 is 2.41 bits per heavy atom. The highest BCUT2D eigenvalue weighted by Gasteiger charge is 2.31. The van der Waals surface area contributed by atoms with Crippen LogP contribution in [0, 0.1) is 0 Å². The van der Waals surface area contributed by atoms with Crippen molar-refractivity contribution in [3.8, 4) is 5.75 Å². The standard InChI is InChI=1S/C35H47N9O4.CH2O2/c1-9-47-35(5,6)32-42-41-29-17-14-22(21-44(29)32)48-26-16-15-25(23-12-10-11-13-24(23)26)37-33(46)40-28-20-27(34(2,3)4)38-30(39-28)31(45)36-18-19-43(7)8;2-1-3/h10-14,17,20-21,25-26H,9,15-16,18-19H2,1-8H3,(H,36,45)(H2,37,38,39,40,46);1H,(H,2,3)/t25-,26+;/m0./s1. The number of anilines is 1. The molecular weight excluding hydrogens is 654 g/mol. The van der Waals surface area contributed by atoms with Gasteiger partial charge in [-0.2, -0.15) is 0 Å². The molecule has 0 saturated heterocycles. The van der Waals surface area contributed by atoms with Gasteiger partial charge in [-0.15, -0.1) is 10.2 Å². The number of hydrogen-bond donors (Lipinski definition) is 4. The number of nitrogens with zero attached hydrogens (tertiary/aromatic N) is 6. The third kappa shape index (κ3) is 9.98. The second kappa shape index (κ2) is 16.7. The highest BCUT2D eigenvalue weighted by molar-refractivity contribution is 5.92. The van der Waals surface area contributed by atoms with E-state index in [1.165, 1.54) is 0 Å². The fourth-order valence-corrected chi connectivity index (χ4v) is 5.74. The van der Waals surface area contributed by atoms with E-state index in [0.717, 1.165) is 11.1 Å². The van der Waals surface area contributed by atoms with Crippen molar-refractivity contribution in [1.82, 2.24) is 40.1 Å². The van der Waals surface area contributed by atoms with Crippen LogP contribution in [0.1, 0.15) is 99.8 Å². The van der Waals surface area contributed by atoms with Gasteiger partial charge in [0, 0.05) is 31.2 Å². The smallest absolute Gasteiger partial charge is 0.320 e. The second-order valence-corrected chi connectivity index (χ2v) is 13.9. The molecule has 4 N–H and O–H groups in total. The van der Waals surface area contributed by atoms with Crippen molar-refractivity contribution in [3.05, 3.63) is 77.1 Å². The predicted molar refractivity (Wildman–Crippen MR) is 192 cm³/mol. The van der Waals surface area contributed by atoms with Gasteiger partial charge in [-0.3, -0.25) is 19.3 Å². The first-order valence-corrected chi connectivity index (χ1v) is 16.9. The number of carboxylic acid groups (broad SMARTS) is 1. The maximum absolute atomic E-state index is 13.4. The maximum Gasteiger partial charge on any atom is 0.320 e. The topological polar surface area (TPSA) is 185 Å². The lowest BCUT2D eigenvalue weighted by molar-refractivity contribution is -0.122. The van der Waals surface area contributed by atoms with E-state index in [0.29, 0.717) is 55.5 Å². The van der Waals surface area contributed by atoms with E-state index in [-0.39, 0.29) is 35.7 Å². The lowest BCUT2D eigenvalue weighted by Gasteiger charge is -2.32. The summed E-state index contributed by atoms with van der Waals surface area (Å²) in [5.41, 5.74) is 2.34. The first-order valence-electron chi connectivity index (χ1n) is 16.9. The van der Waals surface area contributed by atoms with Crippen LogP contribution in [0.25, 0.3) is 5.65 Å². The van der Waals surface area contributed by atoms with Crippen LogP contribution in [0.15, 0.2) is 48.7 Å². The van der Waals surface area contributed by atoms with E-state index in [2.05, 4.69) is 36.1 Å². The minimum absolute atomic E-state index is 0.0118. The maximum atomic E-state index is 13.4. The van der Waals surface area contributed by atoms with Crippen molar-refractivity contribution in [3.63, 3.8) is 0 Å².